The zero-order valence-corrected chi connectivity index (χ0v) is 23.2. The van der Waals surface area contributed by atoms with E-state index in [0.29, 0.717) is 38.1 Å². The van der Waals surface area contributed by atoms with Crippen molar-refractivity contribution < 1.29 is 63.2 Å². The van der Waals surface area contributed by atoms with Crippen LogP contribution in [-0.2, 0) is 32.0 Å². The summed E-state index contributed by atoms with van der Waals surface area (Å²) in [5, 5.41) is 13.0. The summed E-state index contributed by atoms with van der Waals surface area (Å²) in [7, 11) is 1.59. The molecule has 0 N–H and O–H groups in total. The molecule has 0 aromatic heterocycles. The number of carbonyl (C=O) groups excluding carboxylic acids is 2. The summed E-state index contributed by atoms with van der Waals surface area (Å²) in [5.74, 6) is -1.94. The Kier molecular flexibility index (Phi) is 8.98. The topological polar surface area (TPSA) is 97.4 Å². The smallest absolute Gasteiger partial charge is 0.575 e. The maximum absolute atomic E-state index is 13.0. The number of amides is 1. The first kappa shape index (κ1) is 27.9. The molecule has 2 aliphatic heterocycles. The van der Waals surface area contributed by atoms with Crippen LogP contribution in [-0.4, -0.2) is 42.9 Å². The Morgan fingerprint density at radius 3 is 2.22 bits per heavy atom. The molecule has 9 heteroatoms. The fraction of sp³-hybridized carbons (Fsp3) is 0.407. The van der Waals surface area contributed by atoms with E-state index < -0.39 is 29.2 Å². The molecule has 0 spiro atoms. The van der Waals surface area contributed by atoms with E-state index in [4.69, 9.17) is 18.9 Å². The summed E-state index contributed by atoms with van der Waals surface area (Å²) in [6.07, 6.45) is 0.773. The average Bonchev–Trinajstić information content (AvgIpc) is 2.83. The molecule has 2 heterocycles. The molecule has 0 atom stereocenters. The van der Waals surface area contributed by atoms with Gasteiger partial charge in [-0.2, -0.15) is 0 Å². The van der Waals surface area contributed by atoms with Crippen molar-refractivity contribution in [3.63, 3.8) is 0 Å². The van der Waals surface area contributed by atoms with Crippen LogP contribution >= 0.6 is 0 Å². The van der Waals surface area contributed by atoms with E-state index in [1.807, 2.05) is 54.6 Å². The summed E-state index contributed by atoms with van der Waals surface area (Å²) in [6.45, 7) is 3.90. The van der Waals surface area contributed by atoms with Gasteiger partial charge < -0.3 is 29.0 Å². The van der Waals surface area contributed by atoms with Gasteiger partial charge in [0.05, 0.1) is 18.6 Å². The molecule has 2 aromatic rings. The Morgan fingerprint density at radius 1 is 1.00 bits per heavy atom. The summed E-state index contributed by atoms with van der Waals surface area (Å²) < 4.78 is 21.6. The number of piperidine rings is 1. The van der Waals surface area contributed by atoms with E-state index in [1.54, 1.807) is 12.0 Å². The van der Waals surface area contributed by atoms with Crippen LogP contribution in [0.4, 0.5) is 4.79 Å². The maximum atomic E-state index is 13.0. The summed E-state index contributed by atoms with van der Waals surface area (Å²) in [4.78, 5) is 27.3. The Hall–Kier alpha value is -2.68. The molecular formula is C27H30NNaO7. The van der Waals surface area contributed by atoms with Crippen molar-refractivity contribution in [1.82, 2.24) is 4.90 Å². The van der Waals surface area contributed by atoms with Gasteiger partial charge in [0, 0.05) is 18.5 Å². The van der Waals surface area contributed by atoms with Gasteiger partial charge in [-0.1, -0.05) is 42.5 Å². The van der Waals surface area contributed by atoms with E-state index in [-0.39, 0.29) is 41.7 Å². The number of ether oxygens (including phenoxy) is 4. The largest absolute Gasteiger partial charge is 1.00 e. The Morgan fingerprint density at radius 2 is 1.64 bits per heavy atom. The van der Waals surface area contributed by atoms with Gasteiger partial charge >= 0.3 is 41.6 Å². The quantitative estimate of drug-likeness (QED) is 0.419. The molecule has 0 radical (unpaired) electrons. The van der Waals surface area contributed by atoms with Gasteiger partial charge in [-0.15, -0.1) is 0 Å². The number of esters is 1. The van der Waals surface area contributed by atoms with Crippen molar-refractivity contribution in [3.8, 4) is 5.75 Å². The number of nitrogens with zero attached hydrogens (tertiary/aromatic N) is 1. The number of hydrogen-bond donors (Lipinski definition) is 0. The Labute approximate surface area is 233 Å². The van der Waals surface area contributed by atoms with Crippen molar-refractivity contribution in [3.05, 3.63) is 77.2 Å². The maximum Gasteiger partial charge on any atom is 1.00 e. The second-order valence-corrected chi connectivity index (χ2v) is 9.39. The normalized spacial score (nSPS) is 18.4. The van der Waals surface area contributed by atoms with Crippen LogP contribution in [0, 0.1) is 5.41 Å². The molecule has 0 aliphatic carbocycles. The summed E-state index contributed by atoms with van der Waals surface area (Å²) >= 11 is 0. The van der Waals surface area contributed by atoms with Crippen LogP contribution < -0.4 is 39.4 Å². The van der Waals surface area contributed by atoms with Crippen LogP contribution in [0.25, 0.3) is 0 Å². The Balaban J connectivity index is 0.00000361. The van der Waals surface area contributed by atoms with Crippen molar-refractivity contribution in [2.24, 2.45) is 5.41 Å². The van der Waals surface area contributed by atoms with E-state index in [2.05, 4.69) is 0 Å². The fourth-order valence-corrected chi connectivity index (χ4v) is 4.66. The molecule has 4 rings (SSSR count). The third kappa shape index (κ3) is 6.35. The molecule has 8 nitrogen and oxygen atoms in total. The number of rotatable bonds is 6. The standard InChI is InChI=1S/C27H31NO7.Na/c1-26(2)34-23(29)22(24(30)35-26)27(17-19-9-11-21(32-3)12-10-19)13-15-28(16-14-27)25(31)33-18-20-7-5-4-6-8-20;/h4-12,29H,13-18H2,1-3H3;/q;+1/p-1. The van der Waals surface area contributed by atoms with Crippen LogP contribution in [0.2, 0.25) is 0 Å². The van der Waals surface area contributed by atoms with Gasteiger partial charge in [0.15, 0.2) is 5.79 Å². The second-order valence-electron chi connectivity index (χ2n) is 9.39. The van der Waals surface area contributed by atoms with Crippen LogP contribution in [0.3, 0.4) is 0 Å². The van der Waals surface area contributed by atoms with Crippen LogP contribution in [0.1, 0.15) is 37.8 Å². The molecule has 0 unspecified atom stereocenters. The van der Waals surface area contributed by atoms with Crippen molar-refractivity contribution in [2.75, 3.05) is 20.2 Å². The summed E-state index contributed by atoms with van der Waals surface area (Å²) in [6, 6.07) is 16.9. The monoisotopic (exact) mass is 503 g/mol. The zero-order valence-electron chi connectivity index (χ0n) is 21.2. The molecule has 186 valence electrons. The second kappa shape index (κ2) is 11.6. The molecule has 0 bridgehead atoms. The molecule has 36 heavy (non-hydrogen) atoms. The minimum atomic E-state index is -1.32. The SMILES string of the molecule is COc1ccc(CC2(C3=C([O-])OC(C)(C)OC3=O)CCN(C(=O)OCc3ccccc3)CC2)cc1.[Na+]. The third-order valence-electron chi connectivity index (χ3n) is 6.50. The minimum Gasteiger partial charge on any atom is -0.575 e. The fourth-order valence-electron chi connectivity index (χ4n) is 4.66. The number of cyclic esters (lactones) is 1. The van der Waals surface area contributed by atoms with Gasteiger partial charge in [-0.3, -0.25) is 0 Å². The van der Waals surface area contributed by atoms with Gasteiger partial charge in [-0.05, 0) is 56.4 Å². The first-order chi connectivity index (χ1) is 16.7. The van der Waals surface area contributed by atoms with Crippen molar-refractivity contribution in [2.45, 2.75) is 45.5 Å². The number of carbonyl (C=O) groups is 2. The van der Waals surface area contributed by atoms with E-state index in [9.17, 15) is 14.7 Å². The molecule has 1 saturated heterocycles. The number of benzene rings is 2. The van der Waals surface area contributed by atoms with E-state index in [1.165, 1.54) is 13.8 Å². The van der Waals surface area contributed by atoms with Gasteiger partial charge in [0.1, 0.15) is 12.4 Å². The predicted molar refractivity (Wildman–Crippen MR) is 125 cm³/mol. The van der Waals surface area contributed by atoms with Crippen molar-refractivity contribution >= 4 is 12.1 Å². The molecular weight excluding hydrogens is 473 g/mol. The van der Waals surface area contributed by atoms with Crippen LogP contribution in [0.5, 0.6) is 5.75 Å². The third-order valence-corrected chi connectivity index (χ3v) is 6.50. The molecule has 0 saturated carbocycles. The average molecular weight is 504 g/mol. The molecule has 2 aliphatic rings. The number of likely N-dealkylation sites (tertiary alicyclic amines) is 1. The van der Waals surface area contributed by atoms with Gasteiger partial charge in [0.2, 0.25) is 0 Å². The Bertz CT molecular complexity index is 1090. The summed E-state index contributed by atoms with van der Waals surface area (Å²) in [5.41, 5.74) is 1.00. The van der Waals surface area contributed by atoms with Gasteiger partial charge in [-0.25, -0.2) is 9.59 Å². The van der Waals surface area contributed by atoms with Crippen LogP contribution in [0.15, 0.2) is 66.1 Å². The molecule has 1 amide bonds. The van der Waals surface area contributed by atoms with E-state index in [0.717, 1.165) is 11.1 Å². The first-order valence-corrected chi connectivity index (χ1v) is 11.6. The molecule has 2 aromatic carbocycles. The number of methoxy groups -OCH3 is 1. The van der Waals surface area contributed by atoms with E-state index >= 15 is 0 Å². The minimum absolute atomic E-state index is 0. The number of hydrogen-bond acceptors (Lipinski definition) is 7. The zero-order chi connectivity index (χ0) is 25.1. The van der Waals surface area contributed by atoms with Gasteiger partial charge in [0.25, 0.3) is 0 Å². The predicted octanol–water partition coefficient (Wildman–Crippen LogP) is 0.542. The molecule has 1 fully saturated rings. The van der Waals surface area contributed by atoms with Crippen molar-refractivity contribution in [1.29, 1.82) is 0 Å². The first-order valence-electron chi connectivity index (χ1n) is 11.6.